The Morgan fingerprint density at radius 1 is 0.943 bits per heavy atom. The van der Waals surface area contributed by atoms with Gasteiger partial charge in [-0.15, -0.1) is 0 Å². The second-order valence-electron chi connectivity index (χ2n) is 7.75. The minimum absolute atomic E-state index is 0.184. The predicted molar refractivity (Wildman–Crippen MR) is 123 cm³/mol. The van der Waals surface area contributed by atoms with Crippen LogP contribution in [0.4, 0.5) is 13.2 Å². The highest BCUT2D eigenvalue weighted by atomic mass is 32.2. The summed E-state index contributed by atoms with van der Waals surface area (Å²) < 4.78 is 68.2. The summed E-state index contributed by atoms with van der Waals surface area (Å²) in [6.45, 7) is 2.84. The van der Waals surface area contributed by atoms with Crippen LogP contribution in [0.3, 0.4) is 0 Å². The Morgan fingerprint density at radius 3 is 2.20 bits per heavy atom. The molecule has 4 rings (SSSR count). The fourth-order valence-electron chi connectivity index (χ4n) is 3.54. The lowest BCUT2D eigenvalue weighted by Crippen LogP contribution is -2.28. The maximum Gasteiger partial charge on any atom is 0.435 e. The van der Waals surface area contributed by atoms with Crippen LogP contribution in [-0.4, -0.2) is 29.1 Å². The lowest BCUT2D eigenvalue weighted by molar-refractivity contribution is -0.141. The van der Waals surface area contributed by atoms with Crippen LogP contribution in [0.2, 0.25) is 0 Å². The Labute approximate surface area is 199 Å². The van der Waals surface area contributed by atoms with E-state index in [0.717, 1.165) is 34.4 Å². The Kier molecular flexibility index (Phi) is 6.20. The van der Waals surface area contributed by atoms with Crippen molar-refractivity contribution < 1.29 is 26.4 Å². The SMILES string of the molecule is CC(=O)NS(=O)(=O)c1ccc(-n2nc(C(F)(F)F)cc2-c2cc(-c3ccncc3)ccc2C)cc1. The molecule has 2 aromatic heterocycles. The van der Waals surface area contributed by atoms with Crippen LogP contribution < -0.4 is 4.72 Å². The van der Waals surface area contributed by atoms with Gasteiger partial charge in [-0.1, -0.05) is 12.1 Å². The van der Waals surface area contributed by atoms with Crippen LogP contribution >= 0.6 is 0 Å². The highest BCUT2D eigenvalue weighted by Crippen LogP contribution is 2.36. The lowest BCUT2D eigenvalue weighted by atomic mass is 9.98. The van der Waals surface area contributed by atoms with Gasteiger partial charge in [-0.25, -0.2) is 17.8 Å². The number of hydrogen-bond donors (Lipinski definition) is 1. The normalized spacial score (nSPS) is 11.9. The number of alkyl halides is 3. The first-order valence-corrected chi connectivity index (χ1v) is 11.8. The molecule has 4 aromatic rings. The zero-order valence-electron chi connectivity index (χ0n) is 18.5. The summed E-state index contributed by atoms with van der Waals surface area (Å²) in [5.74, 6) is -0.761. The van der Waals surface area contributed by atoms with Crippen LogP contribution in [0.5, 0.6) is 0 Å². The molecule has 0 aliphatic carbocycles. The van der Waals surface area contributed by atoms with Crippen molar-refractivity contribution in [3.05, 3.63) is 84.3 Å². The number of pyridine rings is 1. The zero-order chi connectivity index (χ0) is 25.4. The first kappa shape index (κ1) is 24.1. The summed E-state index contributed by atoms with van der Waals surface area (Å²) >= 11 is 0. The van der Waals surface area contributed by atoms with Crippen molar-refractivity contribution in [1.82, 2.24) is 19.5 Å². The molecule has 0 atom stereocenters. The third-order valence-electron chi connectivity index (χ3n) is 5.20. The second kappa shape index (κ2) is 8.99. The summed E-state index contributed by atoms with van der Waals surface area (Å²) in [5, 5.41) is 3.77. The van der Waals surface area contributed by atoms with Crippen molar-refractivity contribution in [2.45, 2.75) is 24.9 Å². The molecule has 0 saturated heterocycles. The number of benzene rings is 2. The van der Waals surface area contributed by atoms with Crippen molar-refractivity contribution in [3.63, 3.8) is 0 Å². The summed E-state index contributed by atoms with van der Waals surface area (Å²) in [5.41, 5.74) is 2.19. The number of amides is 1. The van der Waals surface area contributed by atoms with Gasteiger partial charge in [0.05, 0.1) is 16.3 Å². The molecule has 11 heteroatoms. The zero-order valence-corrected chi connectivity index (χ0v) is 19.4. The van der Waals surface area contributed by atoms with E-state index in [0.29, 0.717) is 5.56 Å². The van der Waals surface area contributed by atoms with Gasteiger partial charge >= 0.3 is 6.18 Å². The largest absolute Gasteiger partial charge is 0.435 e. The maximum absolute atomic E-state index is 13.6. The van der Waals surface area contributed by atoms with Crippen molar-refractivity contribution >= 4 is 15.9 Å². The summed E-state index contributed by atoms with van der Waals surface area (Å²) in [7, 11) is -4.10. The van der Waals surface area contributed by atoms with Gasteiger partial charge in [0, 0.05) is 24.9 Å². The van der Waals surface area contributed by atoms with E-state index in [9.17, 15) is 26.4 Å². The van der Waals surface area contributed by atoms with E-state index in [1.165, 1.54) is 24.3 Å². The minimum atomic E-state index is -4.69. The van der Waals surface area contributed by atoms with E-state index >= 15 is 0 Å². The van der Waals surface area contributed by atoms with Gasteiger partial charge in [-0.3, -0.25) is 9.78 Å². The topological polar surface area (TPSA) is 94.0 Å². The number of rotatable bonds is 5. The standard InChI is InChI=1S/C24H19F3N4O3S/c1-15-3-4-18(17-9-11-28-12-10-17)13-21(15)22-14-23(24(25,26)27)29-31(22)19-5-7-20(8-6-19)35(33,34)30-16(2)32/h3-14H,1-2H3,(H,30,32). The van der Waals surface area contributed by atoms with Crippen molar-refractivity contribution in [2.75, 3.05) is 0 Å². The van der Waals surface area contributed by atoms with Crippen molar-refractivity contribution in [2.24, 2.45) is 0 Å². The Balaban J connectivity index is 1.85. The molecule has 0 aliphatic heterocycles. The van der Waals surface area contributed by atoms with Gasteiger partial charge in [-0.2, -0.15) is 18.3 Å². The quantitative estimate of drug-likeness (QED) is 0.427. The molecule has 1 N–H and O–H groups in total. The molecule has 0 fully saturated rings. The minimum Gasteiger partial charge on any atom is -0.274 e. The second-order valence-corrected chi connectivity index (χ2v) is 9.43. The van der Waals surface area contributed by atoms with Gasteiger partial charge < -0.3 is 0 Å². The molecule has 2 heterocycles. The van der Waals surface area contributed by atoms with Crippen molar-refractivity contribution in [1.29, 1.82) is 0 Å². The number of aromatic nitrogens is 3. The molecule has 1 amide bonds. The average molecular weight is 501 g/mol. The molecule has 7 nitrogen and oxygen atoms in total. The van der Waals surface area contributed by atoms with E-state index in [2.05, 4.69) is 10.1 Å². The lowest BCUT2D eigenvalue weighted by Gasteiger charge is -2.13. The molecule has 0 aliphatic rings. The fraction of sp³-hybridized carbons (Fsp3) is 0.125. The Hall–Kier alpha value is -3.99. The van der Waals surface area contributed by atoms with E-state index in [-0.39, 0.29) is 16.3 Å². The van der Waals surface area contributed by atoms with E-state index < -0.39 is 27.8 Å². The van der Waals surface area contributed by atoms with E-state index in [1.807, 2.05) is 10.8 Å². The van der Waals surface area contributed by atoms with Crippen LogP contribution in [-0.2, 0) is 21.0 Å². The summed E-state index contributed by atoms with van der Waals surface area (Å²) in [6, 6.07) is 15.0. The number of sulfonamides is 1. The Morgan fingerprint density at radius 2 is 1.60 bits per heavy atom. The average Bonchev–Trinajstić information content (AvgIpc) is 3.25. The molecular formula is C24H19F3N4O3S. The molecule has 0 bridgehead atoms. The summed E-state index contributed by atoms with van der Waals surface area (Å²) in [4.78, 5) is 14.9. The number of carbonyl (C=O) groups excluding carboxylic acids is 1. The Bertz CT molecular complexity index is 1500. The third kappa shape index (κ3) is 5.09. The summed E-state index contributed by atoms with van der Waals surface area (Å²) in [6.07, 6.45) is -1.44. The van der Waals surface area contributed by atoms with Crippen LogP contribution in [0.15, 0.2) is 78.0 Å². The van der Waals surface area contributed by atoms with E-state index in [1.54, 1.807) is 43.6 Å². The molecule has 0 spiro atoms. The number of nitrogens with one attached hydrogen (secondary N) is 1. The number of nitrogens with zero attached hydrogens (tertiary/aromatic N) is 3. The molecule has 0 saturated carbocycles. The number of halogens is 3. The third-order valence-corrected chi connectivity index (χ3v) is 6.65. The highest BCUT2D eigenvalue weighted by Gasteiger charge is 2.35. The molecule has 35 heavy (non-hydrogen) atoms. The van der Waals surface area contributed by atoms with Crippen molar-refractivity contribution in [3.8, 4) is 28.1 Å². The van der Waals surface area contributed by atoms with Crippen LogP contribution in [0.25, 0.3) is 28.1 Å². The predicted octanol–water partition coefficient (Wildman–Crippen LogP) is 4.75. The molecular weight excluding hydrogens is 481 g/mol. The van der Waals surface area contributed by atoms with Gasteiger partial charge in [0.1, 0.15) is 0 Å². The van der Waals surface area contributed by atoms with Gasteiger partial charge in [-0.05, 0) is 72.1 Å². The first-order valence-electron chi connectivity index (χ1n) is 10.3. The molecule has 180 valence electrons. The molecule has 0 radical (unpaired) electrons. The number of hydrogen-bond acceptors (Lipinski definition) is 5. The smallest absolute Gasteiger partial charge is 0.274 e. The molecule has 2 aromatic carbocycles. The number of aryl methyl sites for hydroxylation is 1. The molecule has 0 unspecified atom stereocenters. The maximum atomic E-state index is 13.6. The number of carbonyl (C=O) groups is 1. The highest BCUT2D eigenvalue weighted by molar-refractivity contribution is 7.90. The van der Waals surface area contributed by atoms with Crippen LogP contribution in [0.1, 0.15) is 18.2 Å². The van der Waals surface area contributed by atoms with Crippen LogP contribution in [0, 0.1) is 6.92 Å². The monoisotopic (exact) mass is 500 g/mol. The van der Waals surface area contributed by atoms with E-state index in [4.69, 9.17) is 0 Å². The van der Waals surface area contributed by atoms with Gasteiger partial charge in [0.25, 0.3) is 10.0 Å². The first-order chi connectivity index (χ1) is 16.5. The van der Waals surface area contributed by atoms with Gasteiger partial charge in [0.15, 0.2) is 5.69 Å². The van der Waals surface area contributed by atoms with Gasteiger partial charge in [0.2, 0.25) is 5.91 Å². The fourth-order valence-corrected chi connectivity index (χ4v) is 4.54.